The molecular formula is C19H24N4O4. The zero-order valence-corrected chi connectivity index (χ0v) is 15.5. The van der Waals surface area contributed by atoms with Crippen molar-refractivity contribution in [1.82, 2.24) is 10.1 Å². The van der Waals surface area contributed by atoms with Crippen LogP contribution < -0.4 is 11.1 Å². The average Bonchev–Trinajstić information content (AvgIpc) is 3.21. The first-order valence-electron chi connectivity index (χ1n) is 8.81. The third-order valence-corrected chi connectivity index (χ3v) is 4.72. The van der Waals surface area contributed by atoms with Gasteiger partial charge in [0.1, 0.15) is 5.76 Å². The maximum Gasteiger partial charge on any atom is 0.248 e. The number of hydrogen-bond donors (Lipinski definition) is 2. The van der Waals surface area contributed by atoms with Crippen molar-refractivity contribution in [2.45, 2.75) is 19.4 Å². The van der Waals surface area contributed by atoms with Gasteiger partial charge in [-0.05, 0) is 31.2 Å². The number of benzene rings is 1. The van der Waals surface area contributed by atoms with Crippen LogP contribution in [0.4, 0.5) is 5.69 Å². The lowest BCUT2D eigenvalue weighted by Gasteiger charge is -2.15. The number of likely N-dealkylation sites (tertiary alicyclic amines) is 1. The minimum Gasteiger partial charge on any atom is -0.380 e. The lowest BCUT2D eigenvalue weighted by Crippen LogP contribution is -2.32. The van der Waals surface area contributed by atoms with Crippen molar-refractivity contribution in [2.75, 3.05) is 32.1 Å². The number of ether oxygens (including phenoxy) is 1. The van der Waals surface area contributed by atoms with Crippen LogP contribution in [-0.2, 0) is 16.0 Å². The summed E-state index contributed by atoms with van der Waals surface area (Å²) in [6.07, 6.45) is 0.768. The number of hydrogen-bond acceptors (Lipinski definition) is 6. The van der Waals surface area contributed by atoms with Crippen LogP contribution in [0.3, 0.4) is 0 Å². The SMILES string of the molecule is CO[C@H]1CN(CC(=O)Nc2ccc(C(N)=O)cc2)C[C@H]1Cc1cc(C)no1. The summed E-state index contributed by atoms with van der Waals surface area (Å²) < 4.78 is 10.9. The molecule has 8 nitrogen and oxygen atoms in total. The van der Waals surface area contributed by atoms with E-state index in [9.17, 15) is 9.59 Å². The summed E-state index contributed by atoms with van der Waals surface area (Å²) in [6.45, 7) is 3.58. The largest absolute Gasteiger partial charge is 0.380 e. The normalized spacial score (nSPS) is 19.9. The smallest absolute Gasteiger partial charge is 0.248 e. The third kappa shape index (κ3) is 4.93. The van der Waals surface area contributed by atoms with E-state index in [2.05, 4.69) is 15.4 Å². The quantitative estimate of drug-likeness (QED) is 0.756. The number of anilines is 1. The second-order valence-corrected chi connectivity index (χ2v) is 6.86. The molecule has 27 heavy (non-hydrogen) atoms. The van der Waals surface area contributed by atoms with Crippen LogP contribution in [0.2, 0.25) is 0 Å². The van der Waals surface area contributed by atoms with Gasteiger partial charge in [0.05, 0.1) is 18.3 Å². The van der Waals surface area contributed by atoms with E-state index in [-0.39, 0.29) is 24.5 Å². The first kappa shape index (κ1) is 19.1. The zero-order valence-electron chi connectivity index (χ0n) is 15.5. The van der Waals surface area contributed by atoms with E-state index >= 15 is 0 Å². The Morgan fingerprint density at radius 2 is 2.07 bits per heavy atom. The Morgan fingerprint density at radius 3 is 2.67 bits per heavy atom. The summed E-state index contributed by atoms with van der Waals surface area (Å²) in [5.41, 5.74) is 7.10. The molecule has 0 bridgehead atoms. The molecule has 0 radical (unpaired) electrons. The fraction of sp³-hybridized carbons (Fsp3) is 0.421. The Bertz CT molecular complexity index is 802. The van der Waals surface area contributed by atoms with Crippen molar-refractivity contribution in [3.63, 3.8) is 0 Å². The molecule has 1 aromatic carbocycles. The van der Waals surface area contributed by atoms with Crippen LogP contribution in [0.15, 0.2) is 34.9 Å². The molecule has 1 aliphatic rings. The van der Waals surface area contributed by atoms with Gasteiger partial charge < -0.3 is 20.3 Å². The van der Waals surface area contributed by atoms with Crippen LogP contribution in [0.5, 0.6) is 0 Å². The van der Waals surface area contributed by atoms with E-state index in [0.29, 0.717) is 17.8 Å². The summed E-state index contributed by atoms with van der Waals surface area (Å²) in [5.74, 6) is 0.460. The second-order valence-electron chi connectivity index (χ2n) is 6.86. The van der Waals surface area contributed by atoms with Crippen molar-refractivity contribution < 1.29 is 18.8 Å². The van der Waals surface area contributed by atoms with Gasteiger partial charge in [-0.15, -0.1) is 0 Å². The summed E-state index contributed by atoms with van der Waals surface area (Å²) in [6, 6.07) is 8.43. The van der Waals surface area contributed by atoms with Gasteiger partial charge in [0.25, 0.3) is 0 Å². The molecule has 2 atom stereocenters. The molecule has 144 valence electrons. The van der Waals surface area contributed by atoms with E-state index < -0.39 is 5.91 Å². The van der Waals surface area contributed by atoms with E-state index in [0.717, 1.165) is 24.4 Å². The van der Waals surface area contributed by atoms with E-state index in [4.69, 9.17) is 15.0 Å². The number of rotatable bonds is 7. The number of nitrogens with zero attached hydrogens (tertiary/aromatic N) is 2. The highest BCUT2D eigenvalue weighted by Gasteiger charge is 2.34. The topological polar surface area (TPSA) is 111 Å². The zero-order chi connectivity index (χ0) is 19.4. The molecule has 1 aliphatic heterocycles. The number of aromatic nitrogens is 1. The summed E-state index contributed by atoms with van der Waals surface area (Å²) in [4.78, 5) is 25.5. The number of carbonyl (C=O) groups excluding carboxylic acids is 2. The number of aryl methyl sites for hydroxylation is 1. The molecule has 1 aromatic heterocycles. The Hall–Kier alpha value is -2.71. The molecule has 2 amide bonds. The molecule has 2 aromatic rings. The van der Waals surface area contributed by atoms with Gasteiger partial charge in [-0.25, -0.2) is 0 Å². The fourth-order valence-corrected chi connectivity index (χ4v) is 3.41. The predicted octanol–water partition coefficient (Wildman–Crippen LogP) is 1.21. The highest BCUT2D eigenvalue weighted by Crippen LogP contribution is 2.24. The molecule has 0 spiro atoms. The van der Waals surface area contributed by atoms with Crippen molar-refractivity contribution in [1.29, 1.82) is 0 Å². The summed E-state index contributed by atoms with van der Waals surface area (Å²) in [5, 5.41) is 6.75. The standard InChI is InChI=1S/C19H24N4O4/c1-12-7-16(27-22-12)8-14-9-23(10-17(14)26-2)11-18(24)21-15-5-3-13(4-6-15)19(20)25/h3-7,14,17H,8-11H2,1-2H3,(H2,20,25)(H,21,24)/t14-,17+/m1/s1. The average molecular weight is 372 g/mol. The molecule has 0 saturated carbocycles. The molecule has 0 unspecified atom stereocenters. The van der Waals surface area contributed by atoms with Gasteiger partial charge in [-0.3, -0.25) is 14.5 Å². The predicted molar refractivity (Wildman–Crippen MR) is 99.3 cm³/mol. The van der Waals surface area contributed by atoms with E-state index in [1.807, 2.05) is 13.0 Å². The van der Waals surface area contributed by atoms with Crippen LogP contribution in [0.1, 0.15) is 21.8 Å². The van der Waals surface area contributed by atoms with Crippen molar-refractivity contribution in [3.05, 3.63) is 47.3 Å². The summed E-state index contributed by atoms with van der Waals surface area (Å²) >= 11 is 0. The van der Waals surface area contributed by atoms with Crippen LogP contribution in [-0.4, -0.2) is 54.7 Å². The second kappa shape index (κ2) is 8.32. The third-order valence-electron chi connectivity index (χ3n) is 4.72. The Balaban J connectivity index is 1.53. The molecule has 2 heterocycles. The Morgan fingerprint density at radius 1 is 1.33 bits per heavy atom. The Labute approximate surface area is 157 Å². The maximum absolute atomic E-state index is 12.3. The van der Waals surface area contributed by atoms with Crippen LogP contribution >= 0.6 is 0 Å². The molecule has 0 aliphatic carbocycles. The molecule has 1 saturated heterocycles. The lowest BCUT2D eigenvalue weighted by molar-refractivity contribution is -0.117. The van der Waals surface area contributed by atoms with Gasteiger partial charge >= 0.3 is 0 Å². The lowest BCUT2D eigenvalue weighted by atomic mass is 10.0. The van der Waals surface area contributed by atoms with Gasteiger partial charge in [-0.1, -0.05) is 5.16 Å². The fourth-order valence-electron chi connectivity index (χ4n) is 3.41. The molecule has 8 heteroatoms. The van der Waals surface area contributed by atoms with Crippen molar-refractivity contribution >= 4 is 17.5 Å². The maximum atomic E-state index is 12.3. The molecular weight excluding hydrogens is 348 g/mol. The van der Waals surface area contributed by atoms with E-state index in [1.54, 1.807) is 31.4 Å². The number of carbonyl (C=O) groups is 2. The number of primary amides is 1. The van der Waals surface area contributed by atoms with Gasteiger partial charge in [0.15, 0.2) is 0 Å². The first-order chi connectivity index (χ1) is 12.9. The minimum atomic E-state index is -0.497. The van der Waals surface area contributed by atoms with Gasteiger partial charge in [0.2, 0.25) is 11.8 Å². The van der Waals surface area contributed by atoms with E-state index in [1.165, 1.54) is 0 Å². The highest BCUT2D eigenvalue weighted by molar-refractivity contribution is 5.95. The van der Waals surface area contributed by atoms with Crippen molar-refractivity contribution in [3.8, 4) is 0 Å². The van der Waals surface area contributed by atoms with Crippen molar-refractivity contribution in [2.24, 2.45) is 11.7 Å². The highest BCUT2D eigenvalue weighted by atomic mass is 16.5. The number of nitrogens with two attached hydrogens (primary N) is 1. The Kier molecular flexibility index (Phi) is 5.88. The van der Waals surface area contributed by atoms with Gasteiger partial charge in [0, 0.05) is 49.9 Å². The molecule has 1 fully saturated rings. The summed E-state index contributed by atoms with van der Waals surface area (Å²) in [7, 11) is 1.69. The minimum absolute atomic E-state index is 0.0399. The number of nitrogens with one attached hydrogen (secondary N) is 1. The molecule has 3 N–H and O–H groups in total. The molecule has 3 rings (SSSR count). The number of amides is 2. The van der Waals surface area contributed by atoms with Crippen LogP contribution in [0.25, 0.3) is 0 Å². The van der Waals surface area contributed by atoms with Gasteiger partial charge in [-0.2, -0.15) is 0 Å². The monoisotopic (exact) mass is 372 g/mol. The van der Waals surface area contributed by atoms with Crippen LogP contribution in [0, 0.1) is 12.8 Å². The first-order valence-corrected chi connectivity index (χ1v) is 8.81. The number of methoxy groups -OCH3 is 1.